The molecule has 0 spiro atoms. The van der Waals surface area contributed by atoms with Crippen LogP contribution in [0.3, 0.4) is 0 Å². The third kappa shape index (κ3) is 4.27. The maximum atomic E-state index is 6.00. The van der Waals surface area contributed by atoms with Crippen molar-refractivity contribution in [3.8, 4) is 0 Å². The van der Waals surface area contributed by atoms with E-state index in [-0.39, 0.29) is 0 Å². The molecular weight excluding hydrogens is 202 g/mol. The van der Waals surface area contributed by atoms with Crippen molar-refractivity contribution >= 4 is 11.8 Å². The number of nitrogens with two attached hydrogens (primary N) is 1. The first kappa shape index (κ1) is 12.6. The molecule has 0 aromatic heterocycles. The van der Waals surface area contributed by atoms with Gasteiger partial charge >= 0.3 is 0 Å². The van der Waals surface area contributed by atoms with Crippen LogP contribution in [-0.2, 0) is 0 Å². The number of hydrogen-bond acceptors (Lipinski definition) is 2. The van der Waals surface area contributed by atoms with Crippen molar-refractivity contribution in [2.24, 2.45) is 5.73 Å². The quantitative estimate of drug-likeness (QED) is 0.773. The summed E-state index contributed by atoms with van der Waals surface area (Å²) in [6.07, 6.45) is 2.30. The topological polar surface area (TPSA) is 26.0 Å². The SMILES string of the molecule is CCCC(N)CSc1cc(C)ccc1C. The van der Waals surface area contributed by atoms with Gasteiger partial charge in [-0.05, 0) is 31.9 Å². The van der Waals surface area contributed by atoms with Crippen molar-refractivity contribution in [1.82, 2.24) is 0 Å². The highest BCUT2D eigenvalue weighted by Gasteiger charge is 2.04. The van der Waals surface area contributed by atoms with Crippen LogP contribution in [0.15, 0.2) is 23.1 Å². The summed E-state index contributed by atoms with van der Waals surface area (Å²) in [5.74, 6) is 1.03. The lowest BCUT2D eigenvalue weighted by Gasteiger charge is -2.11. The molecule has 0 bridgehead atoms. The Balaban J connectivity index is 2.53. The number of hydrogen-bond donors (Lipinski definition) is 1. The fraction of sp³-hybridized carbons (Fsp3) is 0.538. The molecule has 1 rings (SSSR count). The molecule has 1 aromatic carbocycles. The highest BCUT2D eigenvalue weighted by molar-refractivity contribution is 7.99. The predicted molar refractivity (Wildman–Crippen MR) is 69.5 cm³/mol. The average Bonchev–Trinajstić information content (AvgIpc) is 2.20. The van der Waals surface area contributed by atoms with Gasteiger partial charge in [0.05, 0.1) is 0 Å². The van der Waals surface area contributed by atoms with Gasteiger partial charge in [-0.25, -0.2) is 0 Å². The second-order valence-electron chi connectivity index (χ2n) is 4.13. The monoisotopic (exact) mass is 223 g/mol. The molecule has 0 saturated heterocycles. The van der Waals surface area contributed by atoms with E-state index in [1.165, 1.54) is 22.4 Å². The van der Waals surface area contributed by atoms with Crippen LogP contribution in [0.25, 0.3) is 0 Å². The Kier molecular flexibility index (Phi) is 5.20. The lowest BCUT2D eigenvalue weighted by molar-refractivity contribution is 0.660. The molecule has 1 nitrogen and oxygen atoms in total. The molecule has 0 fully saturated rings. The van der Waals surface area contributed by atoms with Gasteiger partial charge in [-0.15, -0.1) is 11.8 Å². The minimum absolute atomic E-state index is 0.333. The first-order valence-corrected chi connectivity index (χ1v) is 6.57. The molecule has 15 heavy (non-hydrogen) atoms. The first-order valence-electron chi connectivity index (χ1n) is 5.59. The molecule has 0 saturated carbocycles. The van der Waals surface area contributed by atoms with E-state index in [1.54, 1.807) is 0 Å². The highest BCUT2D eigenvalue weighted by atomic mass is 32.2. The van der Waals surface area contributed by atoms with Crippen LogP contribution in [0.5, 0.6) is 0 Å². The van der Waals surface area contributed by atoms with Crippen LogP contribution in [0.4, 0.5) is 0 Å². The molecular formula is C13H21NS. The molecule has 0 amide bonds. The van der Waals surface area contributed by atoms with Crippen LogP contribution in [-0.4, -0.2) is 11.8 Å². The summed E-state index contributed by atoms with van der Waals surface area (Å²) in [5, 5.41) is 0. The van der Waals surface area contributed by atoms with Gasteiger partial charge in [0.2, 0.25) is 0 Å². The third-order valence-corrected chi connectivity index (χ3v) is 3.80. The maximum absolute atomic E-state index is 6.00. The Hall–Kier alpha value is -0.470. The molecule has 0 heterocycles. The number of thioether (sulfide) groups is 1. The van der Waals surface area contributed by atoms with E-state index in [1.807, 2.05) is 11.8 Å². The fourth-order valence-electron chi connectivity index (χ4n) is 1.51. The number of benzene rings is 1. The normalized spacial score (nSPS) is 12.8. The zero-order valence-corrected chi connectivity index (χ0v) is 10.7. The first-order chi connectivity index (χ1) is 7.13. The van der Waals surface area contributed by atoms with Crippen molar-refractivity contribution in [2.45, 2.75) is 44.6 Å². The Bertz CT molecular complexity index is 309. The van der Waals surface area contributed by atoms with E-state index >= 15 is 0 Å². The van der Waals surface area contributed by atoms with Gasteiger partial charge in [-0.1, -0.05) is 31.0 Å². The summed E-state index contributed by atoms with van der Waals surface area (Å²) < 4.78 is 0. The molecule has 84 valence electrons. The zero-order chi connectivity index (χ0) is 11.3. The Morgan fingerprint density at radius 3 is 2.73 bits per heavy atom. The molecule has 0 aliphatic heterocycles. The standard InChI is InChI=1S/C13H21NS/c1-4-5-12(14)9-15-13-8-10(2)6-7-11(13)3/h6-8,12H,4-5,9,14H2,1-3H3. The minimum Gasteiger partial charge on any atom is -0.327 e. The zero-order valence-electron chi connectivity index (χ0n) is 9.92. The van der Waals surface area contributed by atoms with Crippen molar-refractivity contribution in [1.29, 1.82) is 0 Å². The van der Waals surface area contributed by atoms with Gasteiger partial charge in [-0.2, -0.15) is 0 Å². The van der Waals surface area contributed by atoms with Crippen molar-refractivity contribution in [3.05, 3.63) is 29.3 Å². The average molecular weight is 223 g/mol. The summed E-state index contributed by atoms with van der Waals surface area (Å²) in [7, 11) is 0. The van der Waals surface area contributed by atoms with E-state index in [4.69, 9.17) is 5.73 Å². The summed E-state index contributed by atoms with van der Waals surface area (Å²) in [6, 6.07) is 6.92. The van der Waals surface area contributed by atoms with Gasteiger partial charge in [0, 0.05) is 16.7 Å². The largest absolute Gasteiger partial charge is 0.327 e. The minimum atomic E-state index is 0.333. The number of rotatable bonds is 5. The second kappa shape index (κ2) is 6.19. The van der Waals surface area contributed by atoms with Crippen LogP contribution in [0, 0.1) is 13.8 Å². The molecule has 0 aliphatic rings. The van der Waals surface area contributed by atoms with Gasteiger partial charge in [0.25, 0.3) is 0 Å². The lowest BCUT2D eigenvalue weighted by Crippen LogP contribution is -2.22. The number of aryl methyl sites for hydroxylation is 2. The molecule has 1 atom stereocenters. The predicted octanol–water partition coefficient (Wildman–Crippen LogP) is 3.52. The molecule has 0 aliphatic carbocycles. The van der Waals surface area contributed by atoms with E-state index in [2.05, 4.69) is 39.0 Å². The summed E-state index contributed by atoms with van der Waals surface area (Å²) in [6.45, 7) is 6.48. The van der Waals surface area contributed by atoms with Crippen molar-refractivity contribution in [2.75, 3.05) is 5.75 Å². The molecule has 2 N–H and O–H groups in total. The molecule has 2 heteroatoms. The summed E-state index contributed by atoms with van der Waals surface area (Å²) in [4.78, 5) is 1.38. The fourth-order valence-corrected chi connectivity index (χ4v) is 2.64. The van der Waals surface area contributed by atoms with Gasteiger partial charge in [0.1, 0.15) is 0 Å². The lowest BCUT2D eigenvalue weighted by atomic mass is 10.2. The second-order valence-corrected chi connectivity index (χ2v) is 5.19. The summed E-state index contributed by atoms with van der Waals surface area (Å²) in [5.41, 5.74) is 8.68. The molecule has 1 aromatic rings. The van der Waals surface area contributed by atoms with Gasteiger partial charge in [-0.3, -0.25) is 0 Å². The Labute approximate surface area is 97.4 Å². The smallest absolute Gasteiger partial charge is 0.0133 e. The van der Waals surface area contributed by atoms with Crippen molar-refractivity contribution < 1.29 is 0 Å². The van der Waals surface area contributed by atoms with E-state index in [0.29, 0.717) is 6.04 Å². The van der Waals surface area contributed by atoms with Crippen LogP contribution < -0.4 is 5.73 Å². The van der Waals surface area contributed by atoms with Crippen LogP contribution >= 0.6 is 11.8 Å². The highest BCUT2D eigenvalue weighted by Crippen LogP contribution is 2.24. The van der Waals surface area contributed by atoms with E-state index < -0.39 is 0 Å². The molecule has 0 radical (unpaired) electrons. The summed E-state index contributed by atoms with van der Waals surface area (Å²) >= 11 is 1.88. The molecule has 1 unspecified atom stereocenters. The van der Waals surface area contributed by atoms with Gasteiger partial charge < -0.3 is 5.73 Å². The van der Waals surface area contributed by atoms with E-state index in [9.17, 15) is 0 Å². The Morgan fingerprint density at radius 1 is 1.33 bits per heavy atom. The third-order valence-electron chi connectivity index (χ3n) is 2.46. The maximum Gasteiger partial charge on any atom is 0.0133 e. The van der Waals surface area contributed by atoms with Crippen LogP contribution in [0.2, 0.25) is 0 Å². The van der Waals surface area contributed by atoms with Crippen molar-refractivity contribution in [3.63, 3.8) is 0 Å². The Morgan fingerprint density at radius 2 is 2.07 bits per heavy atom. The van der Waals surface area contributed by atoms with E-state index in [0.717, 1.165) is 12.2 Å². The van der Waals surface area contributed by atoms with Gasteiger partial charge in [0.15, 0.2) is 0 Å². The van der Waals surface area contributed by atoms with Crippen LogP contribution in [0.1, 0.15) is 30.9 Å².